The molecule has 2 amide bonds. The van der Waals surface area contributed by atoms with Crippen molar-refractivity contribution in [1.82, 2.24) is 9.80 Å². The fourth-order valence-electron chi connectivity index (χ4n) is 11.0. The van der Waals surface area contributed by atoms with Crippen LogP contribution in [0.15, 0.2) is 0 Å². The fourth-order valence-corrected chi connectivity index (χ4v) is 11.0. The van der Waals surface area contributed by atoms with E-state index in [4.69, 9.17) is 0 Å². The number of nitrogens with zero attached hydrogens (tertiary/aromatic N) is 2. The summed E-state index contributed by atoms with van der Waals surface area (Å²) in [5.74, 6) is 5.54. The zero-order valence-electron chi connectivity index (χ0n) is 24.7. The Bertz CT molecular complexity index is 918. The Morgan fingerprint density at radius 1 is 0.921 bits per heavy atom. The molecule has 0 bridgehead atoms. The SMILES string of the molecule is CC(CCC(=O)N1CCN(C(=O)C2CC2)CC1C)[C@H]1CC[C@H]2[C@@H]3CC[C@H]4C[C@@H](O)CC[C@]4(C)[C@H]3CC[C@]12C. The molecule has 6 aliphatic rings. The van der Waals surface area contributed by atoms with Crippen LogP contribution in [0.3, 0.4) is 0 Å². The lowest BCUT2D eigenvalue weighted by molar-refractivity contribution is -0.143. The number of aliphatic hydroxyl groups is 1. The van der Waals surface area contributed by atoms with Crippen molar-refractivity contribution in [3.63, 3.8) is 0 Å². The van der Waals surface area contributed by atoms with Gasteiger partial charge in [-0.05, 0) is 130 Å². The summed E-state index contributed by atoms with van der Waals surface area (Å²) in [6.07, 6.45) is 15.2. The normalized spacial score (nSPS) is 45.7. The molecule has 0 radical (unpaired) electrons. The Morgan fingerprint density at radius 2 is 1.66 bits per heavy atom. The average Bonchev–Trinajstić information content (AvgIpc) is 3.68. The van der Waals surface area contributed by atoms with Crippen LogP contribution in [0.1, 0.15) is 111 Å². The molecule has 1 aliphatic heterocycles. The topological polar surface area (TPSA) is 60.9 Å². The zero-order valence-corrected chi connectivity index (χ0v) is 24.7. The van der Waals surface area contributed by atoms with Crippen molar-refractivity contribution in [2.24, 2.45) is 52.3 Å². The van der Waals surface area contributed by atoms with Crippen molar-refractivity contribution in [1.29, 1.82) is 0 Å². The number of hydrogen-bond donors (Lipinski definition) is 1. The van der Waals surface area contributed by atoms with Crippen LogP contribution in [0, 0.1) is 52.3 Å². The van der Waals surface area contributed by atoms with Gasteiger partial charge in [-0.25, -0.2) is 0 Å². The smallest absolute Gasteiger partial charge is 0.225 e. The summed E-state index contributed by atoms with van der Waals surface area (Å²) in [6, 6.07) is 0.135. The van der Waals surface area contributed by atoms with Crippen molar-refractivity contribution in [2.75, 3.05) is 19.6 Å². The Labute approximate surface area is 231 Å². The highest BCUT2D eigenvalue weighted by atomic mass is 16.3. The monoisotopic (exact) mass is 526 g/mol. The number of hydrogen-bond acceptors (Lipinski definition) is 3. The minimum Gasteiger partial charge on any atom is -0.393 e. The molecular weight excluding hydrogens is 472 g/mol. The predicted molar refractivity (Wildman–Crippen MR) is 150 cm³/mol. The second-order valence-corrected chi connectivity index (χ2v) is 15.3. The predicted octanol–water partition coefficient (Wildman–Crippen LogP) is 5.89. The molecule has 2 unspecified atom stereocenters. The highest BCUT2D eigenvalue weighted by Gasteiger charge is 2.60. The summed E-state index contributed by atoms with van der Waals surface area (Å²) < 4.78 is 0. The maximum Gasteiger partial charge on any atom is 0.225 e. The van der Waals surface area contributed by atoms with Crippen LogP contribution in [-0.2, 0) is 9.59 Å². The summed E-state index contributed by atoms with van der Waals surface area (Å²) >= 11 is 0. The Morgan fingerprint density at radius 3 is 2.39 bits per heavy atom. The largest absolute Gasteiger partial charge is 0.393 e. The van der Waals surface area contributed by atoms with Crippen molar-refractivity contribution >= 4 is 11.8 Å². The highest BCUT2D eigenvalue weighted by Crippen LogP contribution is 2.68. The second-order valence-electron chi connectivity index (χ2n) is 15.3. The lowest BCUT2D eigenvalue weighted by Gasteiger charge is -2.61. The summed E-state index contributed by atoms with van der Waals surface area (Å²) in [5.41, 5.74) is 0.882. The minimum atomic E-state index is -0.0602. The van der Waals surface area contributed by atoms with Gasteiger partial charge in [0, 0.05) is 38.0 Å². The van der Waals surface area contributed by atoms with Crippen LogP contribution in [0.25, 0.3) is 0 Å². The summed E-state index contributed by atoms with van der Waals surface area (Å²) in [5, 5.41) is 10.3. The fraction of sp³-hybridized carbons (Fsp3) is 0.939. The molecule has 5 heteroatoms. The van der Waals surface area contributed by atoms with Gasteiger partial charge in [0.2, 0.25) is 11.8 Å². The molecule has 1 saturated heterocycles. The second kappa shape index (κ2) is 10.1. The average molecular weight is 527 g/mol. The highest BCUT2D eigenvalue weighted by molar-refractivity contribution is 5.82. The molecule has 6 fully saturated rings. The van der Waals surface area contributed by atoms with Gasteiger partial charge >= 0.3 is 0 Å². The molecule has 38 heavy (non-hydrogen) atoms. The van der Waals surface area contributed by atoms with E-state index in [9.17, 15) is 14.7 Å². The van der Waals surface area contributed by atoms with E-state index in [1.165, 1.54) is 44.9 Å². The third kappa shape index (κ3) is 4.55. The first-order valence-corrected chi connectivity index (χ1v) is 16.4. The molecule has 1 heterocycles. The van der Waals surface area contributed by atoms with Crippen molar-refractivity contribution in [3.05, 3.63) is 0 Å². The molecule has 1 N–H and O–H groups in total. The Kier molecular flexibility index (Phi) is 7.18. The molecule has 5 nitrogen and oxygen atoms in total. The molecule has 0 spiro atoms. The van der Waals surface area contributed by atoms with E-state index in [1.807, 2.05) is 4.90 Å². The van der Waals surface area contributed by atoms with Gasteiger partial charge in [0.05, 0.1) is 6.10 Å². The van der Waals surface area contributed by atoms with Gasteiger partial charge in [0.15, 0.2) is 0 Å². The lowest BCUT2D eigenvalue weighted by Crippen LogP contribution is -2.55. The van der Waals surface area contributed by atoms with E-state index in [0.29, 0.717) is 54.6 Å². The van der Waals surface area contributed by atoms with Crippen molar-refractivity contribution < 1.29 is 14.7 Å². The Balaban J connectivity index is 1.04. The standard InChI is InChI=1S/C33H54N2O3/c1-21(5-12-30(37)35-18-17-34(20-22(35)2)31(38)23-6-7-23)27-10-11-28-26-9-8-24-19-25(36)13-15-32(24,3)29(26)14-16-33(27,28)4/h21-29,36H,5-20H2,1-4H3/t21?,22?,24-,25-,26-,27+,28-,29-,32-,33+/m0/s1. The van der Waals surface area contributed by atoms with Gasteiger partial charge in [-0.1, -0.05) is 20.8 Å². The first-order valence-electron chi connectivity index (χ1n) is 16.4. The van der Waals surface area contributed by atoms with Gasteiger partial charge in [0.1, 0.15) is 0 Å². The minimum absolute atomic E-state index is 0.0602. The van der Waals surface area contributed by atoms with Crippen molar-refractivity contribution in [3.8, 4) is 0 Å². The number of amides is 2. The maximum absolute atomic E-state index is 13.3. The van der Waals surface area contributed by atoms with E-state index >= 15 is 0 Å². The molecule has 214 valence electrons. The van der Waals surface area contributed by atoms with E-state index in [1.54, 1.807) is 0 Å². The number of fused-ring (bicyclic) bond motifs is 5. The van der Waals surface area contributed by atoms with Gasteiger partial charge in [-0.2, -0.15) is 0 Å². The lowest BCUT2D eigenvalue weighted by atomic mass is 9.44. The molecule has 10 atom stereocenters. The van der Waals surface area contributed by atoms with Crippen LogP contribution >= 0.6 is 0 Å². The summed E-state index contributed by atoms with van der Waals surface area (Å²) in [4.78, 5) is 29.9. The molecule has 0 aromatic carbocycles. The van der Waals surface area contributed by atoms with Crippen LogP contribution < -0.4 is 0 Å². The third-order valence-corrected chi connectivity index (χ3v) is 13.4. The van der Waals surface area contributed by atoms with Crippen LogP contribution in [-0.4, -0.2) is 58.5 Å². The molecule has 5 aliphatic carbocycles. The molecular formula is C33H54N2O3. The van der Waals surface area contributed by atoms with Crippen LogP contribution in [0.5, 0.6) is 0 Å². The van der Waals surface area contributed by atoms with Crippen LogP contribution in [0.4, 0.5) is 0 Å². The van der Waals surface area contributed by atoms with E-state index in [0.717, 1.165) is 61.7 Å². The maximum atomic E-state index is 13.3. The molecule has 0 aromatic heterocycles. The van der Waals surface area contributed by atoms with Gasteiger partial charge in [0.25, 0.3) is 0 Å². The van der Waals surface area contributed by atoms with Crippen molar-refractivity contribution in [2.45, 2.75) is 123 Å². The van der Waals surface area contributed by atoms with Gasteiger partial charge in [-0.3, -0.25) is 9.59 Å². The summed E-state index contributed by atoms with van der Waals surface area (Å²) in [7, 11) is 0. The molecule has 6 rings (SSSR count). The molecule has 5 saturated carbocycles. The number of carbonyl (C=O) groups is 2. The molecule has 0 aromatic rings. The van der Waals surface area contributed by atoms with E-state index < -0.39 is 0 Å². The third-order valence-electron chi connectivity index (χ3n) is 13.4. The first-order chi connectivity index (χ1) is 18.1. The number of rotatable bonds is 5. The van der Waals surface area contributed by atoms with E-state index in [-0.39, 0.29) is 18.1 Å². The Hall–Kier alpha value is -1.10. The quantitative estimate of drug-likeness (QED) is 0.486. The van der Waals surface area contributed by atoms with Gasteiger partial charge in [-0.15, -0.1) is 0 Å². The zero-order chi connectivity index (χ0) is 26.8. The number of carbonyl (C=O) groups excluding carboxylic acids is 2. The number of piperazine rings is 1. The van der Waals surface area contributed by atoms with E-state index in [2.05, 4.69) is 32.6 Å². The van der Waals surface area contributed by atoms with Gasteiger partial charge < -0.3 is 14.9 Å². The number of aliphatic hydroxyl groups excluding tert-OH is 1. The van der Waals surface area contributed by atoms with Crippen LogP contribution in [0.2, 0.25) is 0 Å². The summed E-state index contributed by atoms with van der Waals surface area (Å²) in [6.45, 7) is 11.9. The first kappa shape index (κ1) is 27.1.